The number of urea groups is 1. The fourth-order valence-electron chi connectivity index (χ4n) is 3.61. The van der Waals surface area contributed by atoms with Crippen molar-refractivity contribution in [2.24, 2.45) is 0 Å². The average molecular weight is 434 g/mol. The van der Waals surface area contributed by atoms with Gasteiger partial charge in [-0.1, -0.05) is 42.5 Å². The lowest BCUT2D eigenvalue weighted by Crippen LogP contribution is -2.45. The van der Waals surface area contributed by atoms with Crippen molar-refractivity contribution in [2.45, 2.75) is 46.3 Å². The van der Waals surface area contributed by atoms with E-state index in [1.165, 1.54) is 0 Å². The molecule has 0 radical (unpaired) electrons. The lowest BCUT2D eigenvalue weighted by molar-refractivity contribution is -0.125. The van der Waals surface area contributed by atoms with Crippen LogP contribution < -0.4 is 20.3 Å². The molecule has 1 atom stereocenters. The van der Waals surface area contributed by atoms with Gasteiger partial charge in [-0.05, 0) is 70.0 Å². The number of anilines is 2. The number of benzene rings is 2. The number of carbonyl (C=O) groups excluding carboxylic acids is 2. The van der Waals surface area contributed by atoms with E-state index in [0.29, 0.717) is 23.7 Å². The molecule has 0 aliphatic carbocycles. The van der Waals surface area contributed by atoms with Gasteiger partial charge in [0.25, 0.3) is 5.91 Å². The SMILES string of the molecule is C=C(C)CN1C(=O)C(C)Oc2ccc(NC(=O)NC(C)(C)c3cccc(C(=C)C)c3)cc21. The lowest BCUT2D eigenvalue weighted by atomic mass is 9.92. The molecule has 0 spiro atoms. The van der Waals surface area contributed by atoms with Crippen LogP contribution in [-0.4, -0.2) is 24.6 Å². The van der Waals surface area contributed by atoms with E-state index in [2.05, 4.69) is 23.8 Å². The molecule has 1 aliphatic heterocycles. The topological polar surface area (TPSA) is 70.7 Å². The van der Waals surface area contributed by atoms with Crippen LogP contribution in [0.1, 0.15) is 45.7 Å². The molecule has 3 amide bonds. The maximum atomic E-state index is 12.8. The first-order valence-electron chi connectivity index (χ1n) is 10.6. The number of rotatable bonds is 6. The van der Waals surface area contributed by atoms with Crippen molar-refractivity contribution in [3.63, 3.8) is 0 Å². The maximum absolute atomic E-state index is 12.8. The van der Waals surface area contributed by atoms with Crippen LogP contribution >= 0.6 is 0 Å². The second kappa shape index (κ2) is 8.91. The van der Waals surface area contributed by atoms with Crippen LogP contribution in [0.5, 0.6) is 5.75 Å². The molecule has 0 saturated carbocycles. The van der Waals surface area contributed by atoms with Crippen molar-refractivity contribution in [1.82, 2.24) is 5.32 Å². The number of nitrogens with zero attached hydrogens (tertiary/aromatic N) is 1. The molecule has 2 aromatic rings. The predicted octanol–water partition coefficient (Wildman–Crippen LogP) is 5.47. The molecular formula is C26H31N3O3. The van der Waals surface area contributed by atoms with E-state index in [1.807, 2.05) is 52.0 Å². The molecule has 0 bridgehead atoms. The van der Waals surface area contributed by atoms with Crippen LogP contribution in [0.3, 0.4) is 0 Å². The number of fused-ring (bicyclic) bond motifs is 1. The summed E-state index contributed by atoms with van der Waals surface area (Å²) in [6.45, 7) is 17.7. The van der Waals surface area contributed by atoms with E-state index in [9.17, 15) is 9.59 Å². The van der Waals surface area contributed by atoms with Gasteiger partial charge in [-0.25, -0.2) is 4.79 Å². The Balaban J connectivity index is 1.79. The molecular weight excluding hydrogens is 402 g/mol. The van der Waals surface area contributed by atoms with Crippen molar-refractivity contribution in [3.05, 3.63) is 72.3 Å². The summed E-state index contributed by atoms with van der Waals surface area (Å²) in [4.78, 5) is 27.1. The van der Waals surface area contributed by atoms with Gasteiger partial charge >= 0.3 is 6.03 Å². The van der Waals surface area contributed by atoms with E-state index in [4.69, 9.17) is 4.74 Å². The quantitative estimate of drug-likeness (QED) is 0.594. The van der Waals surface area contributed by atoms with E-state index in [0.717, 1.165) is 22.3 Å². The van der Waals surface area contributed by atoms with Gasteiger partial charge in [-0.15, -0.1) is 0 Å². The number of amides is 3. The molecule has 1 unspecified atom stereocenters. The molecule has 6 nitrogen and oxygen atoms in total. The summed E-state index contributed by atoms with van der Waals surface area (Å²) in [6.07, 6.45) is -0.570. The minimum absolute atomic E-state index is 0.138. The van der Waals surface area contributed by atoms with Crippen molar-refractivity contribution < 1.29 is 14.3 Å². The fourth-order valence-corrected chi connectivity index (χ4v) is 3.61. The van der Waals surface area contributed by atoms with Gasteiger partial charge in [0.15, 0.2) is 6.10 Å². The third-order valence-electron chi connectivity index (χ3n) is 5.36. The first kappa shape index (κ1) is 23.1. The van der Waals surface area contributed by atoms with Crippen LogP contribution in [-0.2, 0) is 10.3 Å². The van der Waals surface area contributed by atoms with Crippen molar-refractivity contribution in [1.29, 1.82) is 0 Å². The second-order valence-electron chi connectivity index (χ2n) is 8.89. The van der Waals surface area contributed by atoms with Gasteiger partial charge in [0.05, 0.1) is 11.2 Å². The molecule has 2 aromatic carbocycles. The molecule has 32 heavy (non-hydrogen) atoms. The fraction of sp³-hybridized carbons (Fsp3) is 0.308. The number of hydrogen-bond donors (Lipinski definition) is 2. The predicted molar refractivity (Wildman–Crippen MR) is 130 cm³/mol. The Hall–Kier alpha value is -3.54. The smallest absolute Gasteiger partial charge is 0.319 e. The first-order chi connectivity index (χ1) is 15.0. The second-order valence-corrected chi connectivity index (χ2v) is 8.89. The monoisotopic (exact) mass is 433 g/mol. The van der Waals surface area contributed by atoms with E-state index in [-0.39, 0.29) is 11.9 Å². The van der Waals surface area contributed by atoms with E-state index in [1.54, 1.807) is 30.0 Å². The molecule has 168 valence electrons. The summed E-state index contributed by atoms with van der Waals surface area (Å²) < 4.78 is 5.73. The summed E-state index contributed by atoms with van der Waals surface area (Å²) in [7, 11) is 0. The zero-order valence-electron chi connectivity index (χ0n) is 19.4. The summed E-state index contributed by atoms with van der Waals surface area (Å²) in [5, 5.41) is 5.89. The number of nitrogens with one attached hydrogen (secondary N) is 2. The van der Waals surface area contributed by atoms with E-state index >= 15 is 0 Å². The third kappa shape index (κ3) is 5.02. The van der Waals surface area contributed by atoms with Crippen LogP contribution in [0.2, 0.25) is 0 Å². The van der Waals surface area contributed by atoms with Gasteiger partial charge in [0.2, 0.25) is 0 Å². The third-order valence-corrected chi connectivity index (χ3v) is 5.36. The Morgan fingerprint density at radius 2 is 1.88 bits per heavy atom. The highest BCUT2D eigenvalue weighted by Crippen LogP contribution is 2.36. The van der Waals surface area contributed by atoms with Gasteiger partial charge in [-0.2, -0.15) is 0 Å². The molecule has 1 heterocycles. The lowest BCUT2D eigenvalue weighted by Gasteiger charge is -2.33. The van der Waals surface area contributed by atoms with Crippen molar-refractivity contribution in [2.75, 3.05) is 16.8 Å². The van der Waals surface area contributed by atoms with Crippen LogP contribution in [0, 0.1) is 0 Å². The standard InChI is InChI=1S/C26H31N3O3/c1-16(2)15-29-22-14-21(11-12-23(22)32-18(5)24(29)30)27-25(31)28-26(6,7)20-10-8-9-19(13-20)17(3)4/h8-14,18H,1,3,15H2,2,4-7H3,(H2,27,28,31). The molecule has 1 aliphatic rings. The van der Waals surface area contributed by atoms with Gasteiger partial charge in [-0.3, -0.25) is 4.79 Å². The Bertz CT molecular complexity index is 1090. The number of allylic oxidation sites excluding steroid dienone is 1. The molecule has 0 aromatic heterocycles. The highest BCUT2D eigenvalue weighted by Gasteiger charge is 2.32. The summed E-state index contributed by atoms with van der Waals surface area (Å²) in [5.41, 5.74) is 4.39. The molecule has 3 rings (SSSR count). The first-order valence-corrected chi connectivity index (χ1v) is 10.6. The van der Waals surface area contributed by atoms with Crippen molar-refractivity contribution >= 4 is 28.9 Å². The van der Waals surface area contributed by atoms with E-state index < -0.39 is 11.6 Å². The normalized spacial score (nSPS) is 15.5. The number of ether oxygens (including phenoxy) is 1. The maximum Gasteiger partial charge on any atom is 0.319 e. The summed E-state index contributed by atoms with van der Waals surface area (Å²) in [6, 6.07) is 12.9. The number of carbonyl (C=O) groups is 2. The van der Waals surface area contributed by atoms with Crippen LogP contribution in [0.4, 0.5) is 16.2 Å². The highest BCUT2D eigenvalue weighted by molar-refractivity contribution is 6.01. The van der Waals surface area contributed by atoms with Crippen LogP contribution in [0.25, 0.3) is 5.57 Å². The molecule has 0 saturated heterocycles. The molecule has 2 N–H and O–H groups in total. The molecule has 0 fully saturated rings. The Morgan fingerprint density at radius 1 is 1.16 bits per heavy atom. The zero-order valence-corrected chi connectivity index (χ0v) is 19.4. The summed E-state index contributed by atoms with van der Waals surface area (Å²) in [5.74, 6) is 0.460. The van der Waals surface area contributed by atoms with Gasteiger partial charge in [0, 0.05) is 12.2 Å². The van der Waals surface area contributed by atoms with Gasteiger partial charge < -0.3 is 20.3 Å². The largest absolute Gasteiger partial charge is 0.479 e. The average Bonchev–Trinajstić information content (AvgIpc) is 2.71. The minimum atomic E-state index is -0.607. The Labute approximate surface area is 190 Å². The number of hydrogen-bond acceptors (Lipinski definition) is 3. The van der Waals surface area contributed by atoms with Crippen LogP contribution in [0.15, 0.2) is 61.2 Å². The van der Waals surface area contributed by atoms with Gasteiger partial charge in [0.1, 0.15) is 5.75 Å². The molecule has 6 heteroatoms. The highest BCUT2D eigenvalue weighted by atomic mass is 16.5. The summed E-state index contributed by atoms with van der Waals surface area (Å²) >= 11 is 0. The minimum Gasteiger partial charge on any atom is -0.479 e. The Morgan fingerprint density at radius 3 is 2.53 bits per heavy atom. The zero-order chi connectivity index (χ0) is 23.6. The Kier molecular flexibility index (Phi) is 6.44. The van der Waals surface area contributed by atoms with Crippen molar-refractivity contribution in [3.8, 4) is 5.75 Å².